The van der Waals surface area contributed by atoms with Gasteiger partial charge in [-0.25, -0.2) is 0 Å². The number of hydrogen-bond donors (Lipinski definition) is 1. The van der Waals surface area contributed by atoms with Crippen LogP contribution in [0.3, 0.4) is 0 Å². The second kappa shape index (κ2) is 4.06. The molecule has 2 unspecified atom stereocenters. The number of nitrogens with zero attached hydrogens (tertiary/aromatic N) is 3. The van der Waals surface area contributed by atoms with Crippen molar-refractivity contribution < 1.29 is 4.52 Å². The zero-order valence-electron chi connectivity index (χ0n) is 8.60. The molecule has 1 fully saturated rings. The maximum atomic E-state index is 4.74. The van der Waals surface area contributed by atoms with Crippen LogP contribution in [0.1, 0.15) is 25.2 Å². The Morgan fingerprint density at radius 3 is 3.14 bits per heavy atom. The SMILES string of the molecule is CNC1CCN(C(C)c2ncon2)C1. The van der Waals surface area contributed by atoms with Crippen LogP contribution in [0.4, 0.5) is 0 Å². The van der Waals surface area contributed by atoms with Gasteiger partial charge in [0.25, 0.3) is 0 Å². The maximum absolute atomic E-state index is 4.74. The second-order valence-corrected chi connectivity index (χ2v) is 3.73. The minimum atomic E-state index is 0.257. The third-order valence-corrected chi connectivity index (χ3v) is 2.93. The van der Waals surface area contributed by atoms with Crippen LogP contribution in [-0.4, -0.2) is 41.2 Å². The first-order valence-electron chi connectivity index (χ1n) is 4.99. The number of rotatable bonds is 3. The molecule has 14 heavy (non-hydrogen) atoms. The van der Waals surface area contributed by atoms with Crippen molar-refractivity contribution in [2.45, 2.75) is 25.4 Å². The van der Waals surface area contributed by atoms with Gasteiger partial charge in [0.1, 0.15) is 0 Å². The first-order valence-corrected chi connectivity index (χ1v) is 4.99. The third kappa shape index (κ3) is 1.78. The average molecular weight is 196 g/mol. The molecule has 2 atom stereocenters. The molecular weight excluding hydrogens is 180 g/mol. The first kappa shape index (κ1) is 9.61. The van der Waals surface area contributed by atoms with Crippen LogP contribution in [0, 0.1) is 0 Å². The van der Waals surface area contributed by atoms with E-state index in [1.807, 2.05) is 7.05 Å². The summed E-state index contributed by atoms with van der Waals surface area (Å²) in [7, 11) is 2.01. The molecule has 0 spiro atoms. The van der Waals surface area contributed by atoms with Gasteiger partial charge in [-0.15, -0.1) is 0 Å². The lowest BCUT2D eigenvalue weighted by Crippen LogP contribution is -2.31. The third-order valence-electron chi connectivity index (χ3n) is 2.93. The van der Waals surface area contributed by atoms with E-state index in [2.05, 4.69) is 27.3 Å². The maximum Gasteiger partial charge on any atom is 0.213 e. The van der Waals surface area contributed by atoms with Crippen molar-refractivity contribution in [3.05, 3.63) is 12.2 Å². The number of likely N-dealkylation sites (N-methyl/N-ethyl adjacent to an activating group) is 1. The minimum Gasteiger partial charge on any atom is -0.343 e. The first-order chi connectivity index (χ1) is 6.81. The Hall–Kier alpha value is -0.940. The molecule has 0 aliphatic carbocycles. The van der Waals surface area contributed by atoms with Crippen LogP contribution >= 0.6 is 0 Å². The molecule has 0 aromatic carbocycles. The highest BCUT2D eigenvalue weighted by molar-refractivity contribution is 4.93. The van der Waals surface area contributed by atoms with Gasteiger partial charge in [0.2, 0.25) is 6.39 Å². The van der Waals surface area contributed by atoms with Gasteiger partial charge in [-0.3, -0.25) is 4.90 Å². The molecule has 1 saturated heterocycles. The summed E-state index contributed by atoms with van der Waals surface area (Å²) < 4.78 is 4.74. The molecule has 0 amide bonds. The number of nitrogens with one attached hydrogen (secondary N) is 1. The quantitative estimate of drug-likeness (QED) is 0.759. The van der Waals surface area contributed by atoms with Crippen LogP contribution in [0.2, 0.25) is 0 Å². The van der Waals surface area contributed by atoms with Gasteiger partial charge in [0.15, 0.2) is 5.82 Å². The molecule has 1 aliphatic heterocycles. The Morgan fingerprint density at radius 2 is 2.57 bits per heavy atom. The van der Waals surface area contributed by atoms with E-state index in [9.17, 15) is 0 Å². The van der Waals surface area contributed by atoms with E-state index >= 15 is 0 Å². The van der Waals surface area contributed by atoms with E-state index in [0.717, 1.165) is 18.9 Å². The molecule has 1 aromatic rings. The highest BCUT2D eigenvalue weighted by atomic mass is 16.5. The summed E-state index contributed by atoms with van der Waals surface area (Å²) >= 11 is 0. The summed E-state index contributed by atoms with van der Waals surface area (Å²) in [6.07, 6.45) is 2.58. The van der Waals surface area contributed by atoms with E-state index < -0.39 is 0 Å². The Labute approximate surface area is 83.5 Å². The van der Waals surface area contributed by atoms with Crippen molar-refractivity contribution in [3.8, 4) is 0 Å². The molecule has 78 valence electrons. The number of likely N-dealkylation sites (tertiary alicyclic amines) is 1. The molecule has 5 heteroatoms. The molecule has 1 aliphatic rings. The smallest absolute Gasteiger partial charge is 0.213 e. The summed E-state index contributed by atoms with van der Waals surface area (Å²) in [5.74, 6) is 0.779. The lowest BCUT2D eigenvalue weighted by atomic mass is 10.3. The van der Waals surface area contributed by atoms with E-state index in [-0.39, 0.29) is 6.04 Å². The van der Waals surface area contributed by atoms with Crippen LogP contribution in [0.15, 0.2) is 10.9 Å². The van der Waals surface area contributed by atoms with E-state index in [1.165, 1.54) is 12.8 Å². The van der Waals surface area contributed by atoms with Gasteiger partial charge >= 0.3 is 0 Å². The lowest BCUT2D eigenvalue weighted by Gasteiger charge is -2.21. The molecule has 5 nitrogen and oxygen atoms in total. The predicted octanol–water partition coefficient (Wildman–Crippen LogP) is 0.424. The average Bonchev–Trinajstić information content (AvgIpc) is 2.88. The molecule has 0 bridgehead atoms. The largest absolute Gasteiger partial charge is 0.343 e. The van der Waals surface area contributed by atoms with Crippen LogP contribution in [0.5, 0.6) is 0 Å². The van der Waals surface area contributed by atoms with E-state index in [4.69, 9.17) is 4.52 Å². The van der Waals surface area contributed by atoms with Crippen molar-refractivity contribution in [3.63, 3.8) is 0 Å². The Kier molecular flexibility index (Phi) is 2.79. The fourth-order valence-electron chi connectivity index (χ4n) is 1.90. The Morgan fingerprint density at radius 1 is 1.71 bits per heavy atom. The summed E-state index contributed by atoms with van der Waals surface area (Å²) in [6.45, 7) is 4.27. The predicted molar refractivity (Wildman–Crippen MR) is 51.8 cm³/mol. The topological polar surface area (TPSA) is 54.2 Å². The Balaban J connectivity index is 1.97. The molecule has 2 heterocycles. The zero-order valence-corrected chi connectivity index (χ0v) is 8.60. The molecule has 1 aromatic heterocycles. The normalized spacial score (nSPS) is 25.4. The summed E-state index contributed by atoms with van der Waals surface area (Å²) in [4.78, 5) is 6.44. The molecule has 2 rings (SSSR count). The molecule has 0 radical (unpaired) electrons. The monoisotopic (exact) mass is 196 g/mol. The van der Waals surface area contributed by atoms with Crippen molar-refractivity contribution in [2.24, 2.45) is 0 Å². The fourth-order valence-corrected chi connectivity index (χ4v) is 1.90. The van der Waals surface area contributed by atoms with Gasteiger partial charge in [-0.2, -0.15) is 4.98 Å². The van der Waals surface area contributed by atoms with Gasteiger partial charge in [0, 0.05) is 19.1 Å². The van der Waals surface area contributed by atoms with E-state index in [0.29, 0.717) is 6.04 Å². The van der Waals surface area contributed by atoms with Crippen LogP contribution < -0.4 is 5.32 Å². The zero-order chi connectivity index (χ0) is 9.97. The molecular formula is C9H16N4O. The number of aromatic nitrogens is 2. The van der Waals surface area contributed by atoms with Gasteiger partial charge in [-0.05, 0) is 20.4 Å². The highest BCUT2D eigenvalue weighted by Gasteiger charge is 2.27. The summed E-state index contributed by atoms with van der Waals surface area (Å²) in [5.41, 5.74) is 0. The molecule has 1 N–H and O–H groups in total. The fraction of sp³-hybridized carbons (Fsp3) is 0.778. The van der Waals surface area contributed by atoms with Crippen LogP contribution in [-0.2, 0) is 0 Å². The van der Waals surface area contributed by atoms with E-state index in [1.54, 1.807) is 0 Å². The summed E-state index contributed by atoms with van der Waals surface area (Å²) in [6, 6.07) is 0.858. The van der Waals surface area contributed by atoms with Gasteiger partial charge < -0.3 is 9.84 Å². The van der Waals surface area contributed by atoms with Gasteiger partial charge in [0.05, 0.1) is 6.04 Å². The van der Waals surface area contributed by atoms with Crippen molar-refractivity contribution in [2.75, 3.05) is 20.1 Å². The van der Waals surface area contributed by atoms with Crippen molar-refractivity contribution in [1.29, 1.82) is 0 Å². The second-order valence-electron chi connectivity index (χ2n) is 3.73. The van der Waals surface area contributed by atoms with Crippen molar-refractivity contribution in [1.82, 2.24) is 20.4 Å². The van der Waals surface area contributed by atoms with Gasteiger partial charge in [-0.1, -0.05) is 5.16 Å². The highest BCUT2D eigenvalue weighted by Crippen LogP contribution is 2.21. The number of hydrogen-bond acceptors (Lipinski definition) is 5. The van der Waals surface area contributed by atoms with Crippen molar-refractivity contribution >= 4 is 0 Å². The standard InChI is InChI=1S/C9H16N4O/c1-7(9-11-6-14-12-9)13-4-3-8(5-13)10-2/h6-8,10H,3-5H2,1-2H3. The lowest BCUT2D eigenvalue weighted by molar-refractivity contribution is 0.241. The van der Waals surface area contributed by atoms with Crippen LogP contribution in [0.25, 0.3) is 0 Å². The minimum absolute atomic E-state index is 0.257. The Bertz CT molecular complexity index is 274. The summed E-state index contributed by atoms with van der Waals surface area (Å²) in [5, 5.41) is 7.15. The molecule has 0 saturated carbocycles.